The summed E-state index contributed by atoms with van der Waals surface area (Å²) in [7, 11) is 0. The molecule has 0 atom stereocenters. The first kappa shape index (κ1) is 13.6. The largest absolute Gasteiger partial charge is 0.441 e. The average Bonchev–Trinajstić information content (AvgIpc) is 2.46. The fourth-order valence-electron chi connectivity index (χ4n) is 1.37. The molecule has 7 heteroatoms. The monoisotopic (exact) mass is 270 g/mol. The highest BCUT2D eigenvalue weighted by Crippen LogP contribution is 2.30. The number of halogens is 3. The van der Waals surface area contributed by atoms with Crippen molar-refractivity contribution in [1.82, 2.24) is 9.55 Å². The normalized spacial score (nSPS) is 12.4. The number of nitrogens with zero attached hydrogens (tertiary/aromatic N) is 1. The fourth-order valence-corrected chi connectivity index (χ4v) is 2.13. The summed E-state index contributed by atoms with van der Waals surface area (Å²) in [5.41, 5.74) is -3.23. The molecule has 0 fully saturated rings. The van der Waals surface area contributed by atoms with Crippen LogP contribution in [0.4, 0.5) is 13.2 Å². The van der Waals surface area contributed by atoms with Crippen LogP contribution in [0.15, 0.2) is 6.20 Å². The van der Waals surface area contributed by atoms with Crippen LogP contribution in [0.1, 0.15) is 25.5 Å². The molecule has 0 saturated heterocycles. The number of H-pyrrole nitrogens is 1. The van der Waals surface area contributed by atoms with Crippen LogP contribution in [0, 0.1) is 4.77 Å². The van der Waals surface area contributed by atoms with Crippen molar-refractivity contribution in [1.29, 1.82) is 0 Å². The van der Waals surface area contributed by atoms with Gasteiger partial charge in [-0.25, -0.2) is 0 Å². The van der Waals surface area contributed by atoms with Gasteiger partial charge in [0.25, 0.3) is 0 Å². The maximum Gasteiger partial charge on any atom is 0.441 e. The summed E-state index contributed by atoms with van der Waals surface area (Å²) in [4.78, 5) is 2.85. The van der Waals surface area contributed by atoms with Gasteiger partial charge in [0, 0.05) is 24.2 Å². The Hall–Kier alpha value is -0.430. The third-order valence-electron chi connectivity index (χ3n) is 2.07. The predicted octanol–water partition coefficient (Wildman–Crippen LogP) is 3.92. The van der Waals surface area contributed by atoms with Crippen LogP contribution in [0.3, 0.4) is 0 Å². The average molecular weight is 270 g/mol. The van der Waals surface area contributed by atoms with Crippen molar-refractivity contribution in [3.05, 3.63) is 16.7 Å². The van der Waals surface area contributed by atoms with Gasteiger partial charge in [-0.2, -0.15) is 13.2 Å². The van der Waals surface area contributed by atoms with E-state index in [9.17, 15) is 13.2 Å². The summed E-state index contributed by atoms with van der Waals surface area (Å²) in [6.45, 7) is 4.23. The number of aromatic nitrogens is 2. The Labute approximate surface area is 101 Å². The summed E-state index contributed by atoms with van der Waals surface area (Å²) in [6, 6.07) is 0. The van der Waals surface area contributed by atoms with Gasteiger partial charge in [-0.15, -0.1) is 0 Å². The molecule has 0 aliphatic rings. The van der Waals surface area contributed by atoms with Crippen LogP contribution in [0.5, 0.6) is 0 Å². The number of thioether (sulfide) groups is 1. The number of imidazole rings is 1. The van der Waals surface area contributed by atoms with E-state index in [0.29, 0.717) is 4.77 Å². The molecular weight excluding hydrogens is 257 g/mol. The highest BCUT2D eigenvalue weighted by atomic mass is 32.2. The van der Waals surface area contributed by atoms with Crippen LogP contribution in [0.25, 0.3) is 0 Å². The number of nitrogens with one attached hydrogen (secondary N) is 1. The van der Waals surface area contributed by atoms with E-state index in [-0.39, 0.29) is 30.0 Å². The molecule has 1 heterocycles. The minimum absolute atomic E-state index is 0.0185. The summed E-state index contributed by atoms with van der Waals surface area (Å²) < 4.78 is 38.1. The number of alkyl halides is 3. The van der Waals surface area contributed by atoms with Crippen molar-refractivity contribution in [2.24, 2.45) is 0 Å². The van der Waals surface area contributed by atoms with E-state index in [1.54, 1.807) is 10.8 Å². The van der Waals surface area contributed by atoms with Crippen molar-refractivity contribution in [2.45, 2.75) is 31.8 Å². The molecule has 0 spiro atoms. The Bertz CT molecular complexity index is 392. The molecule has 0 aliphatic heterocycles. The first-order valence-electron chi connectivity index (χ1n) is 4.80. The molecule has 0 radical (unpaired) electrons. The fraction of sp³-hybridized carbons (Fsp3) is 0.667. The molecule has 0 unspecified atom stereocenters. The minimum atomic E-state index is -4.17. The molecule has 1 aromatic rings. The van der Waals surface area contributed by atoms with Crippen LogP contribution in [-0.2, 0) is 6.54 Å². The molecule has 1 N–H and O–H groups in total. The summed E-state index contributed by atoms with van der Waals surface area (Å²) in [6.07, 6.45) is 1.76. The molecule has 1 aromatic heterocycles. The van der Waals surface area contributed by atoms with E-state index in [0.717, 1.165) is 5.69 Å². The second kappa shape index (κ2) is 5.27. The Morgan fingerprint density at radius 1 is 1.50 bits per heavy atom. The molecule has 0 amide bonds. The van der Waals surface area contributed by atoms with Gasteiger partial charge in [0.15, 0.2) is 4.77 Å². The van der Waals surface area contributed by atoms with Crippen molar-refractivity contribution in [3.8, 4) is 0 Å². The van der Waals surface area contributed by atoms with Crippen LogP contribution < -0.4 is 0 Å². The molecule has 0 saturated carbocycles. The standard InChI is InChI=1S/C9H13F3N2S2/c1-6(2)7-5-13-8(15)14(7)3-4-16-9(10,11)12/h5-6H,3-4H2,1-2H3,(H,13,15). The lowest BCUT2D eigenvalue weighted by Crippen LogP contribution is -2.10. The lowest BCUT2D eigenvalue weighted by Gasteiger charge is -2.11. The van der Waals surface area contributed by atoms with Gasteiger partial charge in [0.2, 0.25) is 0 Å². The Kier molecular flexibility index (Phi) is 4.49. The Morgan fingerprint density at radius 3 is 2.62 bits per heavy atom. The molecular formula is C9H13F3N2S2. The topological polar surface area (TPSA) is 20.7 Å². The van der Waals surface area contributed by atoms with Crippen molar-refractivity contribution < 1.29 is 13.2 Å². The zero-order valence-corrected chi connectivity index (χ0v) is 10.6. The molecule has 1 rings (SSSR count). The van der Waals surface area contributed by atoms with Gasteiger partial charge >= 0.3 is 5.51 Å². The van der Waals surface area contributed by atoms with E-state index in [4.69, 9.17) is 12.2 Å². The summed E-state index contributed by atoms with van der Waals surface area (Å²) in [5, 5.41) is 0. The molecule has 2 nitrogen and oxygen atoms in total. The van der Waals surface area contributed by atoms with Crippen molar-refractivity contribution in [2.75, 3.05) is 5.75 Å². The van der Waals surface area contributed by atoms with Crippen LogP contribution in [-0.4, -0.2) is 20.8 Å². The summed E-state index contributed by atoms with van der Waals surface area (Å²) in [5.74, 6) is 0.221. The van der Waals surface area contributed by atoms with E-state index in [2.05, 4.69) is 4.98 Å². The third kappa shape index (κ3) is 3.86. The first-order valence-corrected chi connectivity index (χ1v) is 6.19. The third-order valence-corrected chi connectivity index (χ3v) is 3.12. The second-order valence-electron chi connectivity index (χ2n) is 3.62. The number of hydrogen-bond donors (Lipinski definition) is 1. The Morgan fingerprint density at radius 2 is 2.12 bits per heavy atom. The van der Waals surface area contributed by atoms with Gasteiger partial charge in [-0.3, -0.25) is 0 Å². The number of hydrogen-bond acceptors (Lipinski definition) is 2. The lowest BCUT2D eigenvalue weighted by atomic mass is 10.1. The van der Waals surface area contributed by atoms with Crippen LogP contribution in [0.2, 0.25) is 0 Å². The maximum atomic E-state index is 12.0. The number of aromatic amines is 1. The second-order valence-corrected chi connectivity index (χ2v) is 5.17. The molecule has 0 aromatic carbocycles. The van der Waals surface area contributed by atoms with E-state index < -0.39 is 5.51 Å². The quantitative estimate of drug-likeness (QED) is 0.837. The number of rotatable bonds is 4. The van der Waals surface area contributed by atoms with Gasteiger partial charge in [-0.05, 0) is 29.9 Å². The highest BCUT2D eigenvalue weighted by Gasteiger charge is 2.27. The SMILES string of the molecule is CC(C)c1c[nH]c(=S)n1CCSC(F)(F)F. The Balaban J connectivity index is 2.67. The van der Waals surface area contributed by atoms with Crippen molar-refractivity contribution in [3.63, 3.8) is 0 Å². The highest BCUT2D eigenvalue weighted by molar-refractivity contribution is 8.00. The van der Waals surface area contributed by atoms with Gasteiger partial charge in [0.1, 0.15) is 0 Å². The first-order chi connectivity index (χ1) is 7.31. The van der Waals surface area contributed by atoms with E-state index >= 15 is 0 Å². The lowest BCUT2D eigenvalue weighted by molar-refractivity contribution is -0.0328. The van der Waals surface area contributed by atoms with Crippen molar-refractivity contribution >= 4 is 24.0 Å². The molecule has 0 bridgehead atoms. The van der Waals surface area contributed by atoms with Gasteiger partial charge in [-0.1, -0.05) is 13.8 Å². The minimum Gasteiger partial charge on any atom is -0.337 e. The van der Waals surface area contributed by atoms with Gasteiger partial charge in [0.05, 0.1) is 0 Å². The van der Waals surface area contributed by atoms with E-state index in [1.165, 1.54) is 0 Å². The molecule has 0 aliphatic carbocycles. The maximum absolute atomic E-state index is 12.0. The smallest absolute Gasteiger partial charge is 0.337 e. The molecule has 16 heavy (non-hydrogen) atoms. The van der Waals surface area contributed by atoms with Crippen LogP contribution >= 0.6 is 24.0 Å². The predicted molar refractivity (Wildman–Crippen MR) is 62.2 cm³/mol. The van der Waals surface area contributed by atoms with E-state index in [1.807, 2.05) is 13.8 Å². The zero-order valence-electron chi connectivity index (χ0n) is 8.97. The summed E-state index contributed by atoms with van der Waals surface area (Å²) >= 11 is 5.00. The molecule has 92 valence electrons. The zero-order chi connectivity index (χ0) is 12.3. The van der Waals surface area contributed by atoms with Gasteiger partial charge < -0.3 is 9.55 Å².